The fraction of sp³-hybridized carbons (Fsp3) is 0.0909. The van der Waals surface area contributed by atoms with Gasteiger partial charge in [-0.1, -0.05) is 48.2 Å². The normalized spacial score (nSPS) is 10.8. The molecule has 0 aliphatic rings. The summed E-state index contributed by atoms with van der Waals surface area (Å²) in [5.74, 6) is 1.98. The van der Waals surface area contributed by atoms with E-state index in [1.165, 1.54) is 12.1 Å². The van der Waals surface area contributed by atoms with Crippen LogP contribution in [0.3, 0.4) is 0 Å². The lowest BCUT2D eigenvalue weighted by molar-refractivity contribution is 0.344. The predicted molar refractivity (Wildman–Crippen MR) is 109 cm³/mol. The summed E-state index contributed by atoms with van der Waals surface area (Å²) in [7, 11) is 0. The van der Waals surface area contributed by atoms with Crippen LogP contribution >= 0.6 is 11.8 Å². The molecule has 1 heterocycles. The van der Waals surface area contributed by atoms with Crippen molar-refractivity contribution >= 4 is 11.8 Å². The van der Waals surface area contributed by atoms with Crippen LogP contribution in [0.1, 0.15) is 0 Å². The van der Waals surface area contributed by atoms with Crippen molar-refractivity contribution in [1.29, 1.82) is 0 Å². The van der Waals surface area contributed by atoms with Gasteiger partial charge in [0.2, 0.25) is 0 Å². The van der Waals surface area contributed by atoms with Crippen molar-refractivity contribution in [3.8, 4) is 22.8 Å². The molecule has 0 unspecified atom stereocenters. The molecule has 0 spiro atoms. The van der Waals surface area contributed by atoms with E-state index in [-0.39, 0.29) is 5.82 Å². The molecule has 4 aromatic rings. The lowest BCUT2D eigenvalue weighted by Crippen LogP contribution is -2.03. The molecule has 28 heavy (non-hydrogen) atoms. The van der Waals surface area contributed by atoms with Crippen molar-refractivity contribution in [2.75, 3.05) is 12.4 Å². The molecule has 4 rings (SSSR count). The van der Waals surface area contributed by atoms with E-state index >= 15 is 0 Å². The largest absolute Gasteiger partial charge is 0.493 e. The zero-order valence-corrected chi connectivity index (χ0v) is 15.8. The third-order valence-corrected chi connectivity index (χ3v) is 4.97. The number of rotatable bonds is 7. The Morgan fingerprint density at radius 2 is 1.50 bits per heavy atom. The van der Waals surface area contributed by atoms with Gasteiger partial charge in [0.05, 0.1) is 6.61 Å². The molecular weight excluding hydrogens is 373 g/mol. The SMILES string of the molecule is Fc1ccc(-c2nnc(SCCOc3ccccc3)n2-c2ccccc2)cc1. The first-order valence-corrected chi connectivity index (χ1v) is 9.87. The lowest BCUT2D eigenvalue weighted by Gasteiger charge is -2.10. The van der Waals surface area contributed by atoms with Gasteiger partial charge < -0.3 is 4.74 Å². The van der Waals surface area contributed by atoms with Gasteiger partial charge in [-0.25, -0.2) is 4.39 Å². The number of halogens is 1. The lowest BCUT2D eigenvalue weighted by atomic mass is 10.2. The summed E-state index contributed by atoms with van der Waals surface area (Å²) in [4.78, 5) is 0. The Morgan fingerprint density at radius 3 is 2.21 bits per heavy atom. The molecule has 1 aromatic heterocycles. The van der Waals surface area contributed by atoms with Crippen molar-refractivity contribution in [3.63, 3.8) is 0 Å². The highest BCUT2D eigenvalue weighted by molar-refractivity contribution is 7.99. The Labute approximate surface area is 167 Å². The molecular formula is C22H18FN3OS. The van der Waals surface area contributed by atoms with Crippen LogP contribution in [-0.4, -0.2) is 27.1 Å². The van der Waals surface area contributed by atoms with Crippen LogP contribution in [0.15, 0.2) is 90.1 Å². The average molecular weight is 391 g/mol. The Morgan fingerprint density at radius 1 is 0.821 bits per heavy atom. The zero-order valence-electron chi connectivity index (χ0n) is 15.0. The fourth-order valence-corrected chi connectivity index (χ4v) is 3.54. The number of benzene rings is 3. The van der Waals surface area contributed by atoms with Crippen LogP contribution < -0.4 is 4.74 Å². The van der Waals surface area contributed by atoms with Gasteiger partial charge in [-0.3, -0.25) is 4.57 Å². The molecule has 0 amide bonds. The van der Waals surface area contributed by atoms with Gasteiger partial charge in [0.15, 0.2) is 11.0 Å². The van der Waals surface area contributed by atoms with Crippen molar-refractivity contribution < 1.29 is 9.13 Å². The van der Waals surface area contributed by atoms with Crippen LogP contribution in [0.5, 0.6) is 5.75 Å². The molecule has 0 radical (unpaired) electrons. The first kappa shape index (κ1) is 18.3. The second-order valence-electron chi connectivity index (χ2n) is 5.99. The zero-order chi connectivity index (χ0) is 19.2. The van der Waals surface area contributed by atoms with E-state index < -0.39 is 0 Å². The number of ether oxygens (including phenoxy) is 1. The van der Waals surface area contributed by atoms with Crippen LogP contribution in [0.4, 0.5) is 4.39 Å². The van der Waals surface area contributed by atoms with Gasteiger partial charge in [0.25, 0.3) is 0 Å². The summed E-state index contributed by atoms with van der Waals surface area (Å²) in [6.07, 6.45) is 0. The smallest absolute Gasteiger partial charge is 0.196 e. The van der Waals surface area contributed by atoms with E-state index in [0.717, 1.165) is 27.9 Å². The first-order valence-electron chi connectivity index (χ1n) is 8.89. The number of hydrogen-bond acceptors (Lipinski definition) is 4. The number of hydrogen-bond donors (Lipinski definition) is 0. The van der Waals surface area contributed by atoms with Crippen LogP contribution in [-0.2, 0) is 0 Å². The van der Waals surface area contributed by atoms with Crippen molar-refractivity contribution in [2.24, 2.45) is 0 Å². The van der Waals surface area contributed by atoms with Crippen LogP contribution in [0.25, 0.3) is 17.1 Å². The van der Waals surface area contributed by atoms with E-state index in [9.17, 15) is 4.39 Å². The van der Waals surface area contributed by atoms with Crippen LogP contribution in [0.2, 0.25) is 0 Å². The quantitative estimate of drug-likeness (QED) is 0.319. The van der Waals surface area contributed by atoms with Crippen molar-refractivity contribution in [1.82, 2.24) is 14.8 Å². The average Bonchev–Trinajstić information content (AvgIpc) is 3.17. The second-order valence-corrected chi connectivity index (χ2v) is 7.06. The standard InChI is InChI=1S/C22H18FN3OS/c23-18-13-11-17(12-14-18)21-24-25-22(26(21)19-7-3-1-4-8-19)28-16-15-27-20-9-5-2-6-10-20/h1-14H,15-16H2. The molecule has 6 heteroatoms. The van der Waals surface area contributed by atoms with Crippen molar-refractivity contribution in [2.45, 2.75) is 5.16 Å². The summed E-state index contributed by atoms with van der Waals surface area (Å²) < 4.78 is 21.1. The maximum atomic E-state index is 13.3. The summed E-state index contributed by atoms with van der Waals surface area (Å²) in [6, 6.07) is 25.9. The molecule has 0 bridgehead atoms. The van der Waals surface area contributed by atoms with Gasteiger partial charge in [0.1, 0.15) is 11.6 Å². The molecule has 0 aliphatic carbocycles. The highest BCUT2D eigenvalue weighted by Crippen LogP contribution is 2.28. The van der Waals surface area contributed by atoms with Gasteiger partial charge in [0, 0.05) is 17.0 Å². The molecule has 0 N–H and O–H groups in total. The maximum Gasteiger partial charge on any atom is 0.196 e. The monoisotopic (exact) mass is 391 g/mol. The molecule has 0 aliphatic heterocycles. The molecule has 3 aromatic carbocycles. The van der Waals surface area contributed by atoms with E-state index in [2.05, 4.69) is 10.2 Å². The molecule has 0 fully saturated rings. The first-order chi connectivity index (χ1) is 13.8. The summed E-state index contributed by atoms with van der Waals surface area (Å²) in [5, 5.41) is 9.49. The Kier molecular flexibility index (Phi) is 5.68. The third-order valence-electron chi connectivity index (χ3n) is 4.08. The molecule has 0 saturated carbocycles. The van der Waals surface area contributed by atoms with Gasteiger partial charge in [-0.15, -0.1) is 10.2 Å². The minimum Gasteiger partial charge on any atom is -0.493 e. The molecule has 0 atom stereocenters. The Bertz CT molecular complexity index is 1020. The Hall–Kier alpha value is -3.12. The molecule has 0 saturated heterocycles. The number of thioether (sulfide) groups is 1. The van der Waals surface area contributed by atoms with E-state index in [1.807, 2.05) is 65.2 Å². The van der Waals surface area contributed by atoms with E-state index in [4.69, 9.17) is 4.74 Å². The minimum atomic E-state index is -0.276. The highest BCUT2D eigenvalue weighted by Gasteiger charge is 2.16. The molecule has 140 valence electrons. The summed E-state index contributed by atoms with van der Waals surface area (Å²) >= 11 is 1.57. The number of nitrogens with zero attached hydrogens (tertiary/aromatic N) is 3. The van der Waals surface area contributed by atoms with Gasteiger partial charge in [-0.2, -0.15) is 0 Å². The van der Waals surface area contributed by atoms with Gasteiger partial charge >= 0.3 is 0 Å². The fourth-order valence-electron chi connectivity index (χ4n) is 2.77. The summed E-state index contributed by atoms with van der Waals surface area (Å²) in [6.45, 7) is 0.558. The van der Waals surface area contributed by atoms with Crippen molar-refractivity contribution in [3.05, 3.63) is 90.7 Å². The summed E-state index contributed by atoms with van der Waals surface area (Å²) in [5.41, 5.74) is 1.77. The van der Waals surface area contributed by atoms with Gasteiger partial charge in [-0.05, 0) is 48.5 Å². The van der Waals surface area contributed by atoms with E-state index in [0.29, 0.717) is 12.4 Å². The highest BCUT2D eigenvalue weighted by atomic mass is 32.2. The van der Waals surface area contributed by atoms with E-state index in [1.54, 1.807) is 23.9 Å². The minimum absolute atomic E-state index is 0.276. The topological polar surface area (TPSA) is 39.9 Å². The molecule has 4 nitrogen and oxygen atoms in total. The third kappa shape index (κ3) is 4.23. The Balaban J connectivity index is 1.56. The maximum absolute atomic E-state index is 13.3. The second kappa shape index (κ2) is 8.71. The van der Waals surface area contributed by atoms with Crippen LogP contribution in [0, 0.1) is 5.82 Å². The number of aromatic nitrogens is 3. The number of para-hydroxylation sites is 2. The predicted octanol–water partition coefficient (Wildman–Crippen LogP) is 5.24.